The fourth-order valence-corrected chi connectivity index (χ4v) is 2.38. The number of aromatic nitrogens is 1. The number of thiazole rings is 1. The first-order chi connectivity index (χ1) is 7.00. The van der Waals surface area contributed by atoms with Gasteiger partial charge in [0.25, 0.3) is 0 Å². The van der Waals surface area contributed by atoms with Gasteiger partial charge in [-0.1, -0.05) is 0 Å². The molecule has 1 aromatic heterocycles. The number of alkyl halides is 2. The van der Waals surface area contributed by atoms with Gasteiger partial charge in [-0.05, 0) is 20.8 Å². The van der Waals surface area contributed by atoms with Crippen molar-refractivity contribution in [2.75, 3.05) is 11.8 Å². The van der Waals surface area contributed by atoms with Crippen LogP contribution in [0.1, 0.15) is 22.5 Å². The van der Waals surface area contributed by atoms with Crippen LogP contribution in [0.5, 0.6) is 0 Å². The number of nitrogens with one attached hydrogen (secondary N) is 1. The van der Waals surface area contributed by atoms with E-state index in [1.165, 1.54) is 4.88 Å². The monoisotopic (exact) mass is 266 g/mol. The lowest BCUT2D eigenvalue weighted by Gasteiger charge is -2.25. The van der Waals surface area contributed by atoms with E-state index in [1.807, 2.05) is 13.8 Å². The quantitative estimate of drug-likeness (QED) is 0.829. The number of hydrogen-bond acceptors (Lipinski definition) is 3. The van der Waals surface area contributed by atoms with Crippen LogP contribution in [0, 0.1) is 13.8 Å². The Hall–Kier alpha value is 0.170. The Labute approximate surface area is 105 Å². The van der Waals surface area contributed by atoms with Crippen molar-refractivity contribution >= 4 is 34.5 Å². The summed E-state index contributed by atoms with van der Waals surface area (Å²) in [5.74, 6) is 1.000. The van der Waals surface area contributed by atoms with E-state index in [0.717, 1.165) is 17.2 Å². The minimum atomic E-state index is -0.212. The van der Waals surface area contributed by atoms with Gasteiger partial charge in [0.2, 0.25) is 0 Å². The largest absolute Gasteiger partial charge is 0.303 e. The summed E-state index contributed by atoms with van der Waals surface area (Å²) in [5.41, 5.74) is 0.895. The number of halogens is 2. The lowest BCUT2D eigenvalue weighted by molar-refractivity contribution is 0.434. The van der Waals surface area contributed by atoms with Crippen LogP contribution in [-0.2, 0) is 6.54 Å². The average Bonchev–Trinajstić information content (AvgIpc) is 2.55. The molecule has 0 spiro atoms. The molecule has 0 bridgehead atoms. The molecule has 0 radical (unpaired) electrons. The zero-order chi connectivity index (χ0) is 11.5. The Morgan fingerprint density at radius 2 is 1.93 bits per heavy atom. The molecule has 0 amide bonds. The molecule has 0 aliphatic rings. The summed E-state index contributed by atoms with van der Waals surface area (Å²) in [6.45, 7) is 6.85. The maximum atomic E-state index is 5.85. The number of rotatable bonds is 5. The second-order valence-electron chi connectivity index (χ2n) is 3.93. The Bertz CT molecular complexity index is 302. The van der Waals surface area contributed by atoms with E-state index in [4.69, 9.17) is 23.2 Å². The van der Waals surface area contributed by atoms with E-state index in [9.17, 15) is 0 Å². The molecule has 2 nitrogen and oxygen atoms in total. The van der Waals surface area contributed by atoms with Gasteiger partial charge < -0.3 is 5.32 Å². The van der Waals surface area contributed by atoms with Crippen LogP contribution in [0.25, 0.3) is 0 Å². The molecular formula is C10H16Cl2N2S. The molecule has 86 valence electrons. The second-order valence-corrected chi connectivity index (χ2v) is 5.75. The molecule has 0 unspecified atom stereocenters. The zero-order valence-electron chi connectivity index (χ0n) is 9.23. The van der Waals surface area contributed by atoms with Crippen molar-refractivity contribution in [1.82, 2.24) is 10.3 Å². The van der Waals surface area contributed by atoms with Gasteiger partial charge in [0.05, 0.1) is 5.69 Å². The molecule has 0 atom stereocenters. The van der Waals surface area contributed by atoms with Crippen molar-refractivity contribution < 1.29 is 0 Å². The highest BCUT2D eigenvalue weighted by Gasteiger charge is 2.21. The normalized spacial score (nSPS) is 12.1. The fourth-order valence-electron chi connectivity index (χ4n) is 1.03. The number of nitrogens with zero attached hydrogens (tertiary/aromatic N) is 1. The highest BCUT2D eigenvalue weighted by Crippen LogP contribution is 2.17. The van der Waals surface area contributed by atoms with Crippen LogP contribution in [0.3, 0.4) is 0 Å². The van der Waals surface area contributed by atoms with E-state index >= 15 is 0 Å². The number of hydrogen-bond donors (Lipinski definition) is 1. The minimum absolute atomic E-state index is 0.212. The van der Waals surface area contributed by atoms with Crippen LogP contribution in [0.4, 0.5) is 0 Å². The molecule has 15 heavy (non-hydrogen) atoms. The molecule has 5 heteroatoms. The van der Waals surface area contributed by atoms with Gasteiger partial charge in [-0.3, -0.25) is 0 Å². The minimum Gasteiger partial charge on any atom is -0.303 e. The summed E-state index contributed by atoms with van der Waals surface area (Å²) in [7, 11) is 0. The van der Waals surface area contributed by atoms with Gasteiger partial charge >= 0.3 is 0 Å². The van der Waals surface area contributed by atoms with Gasteiger partial charge in [0.15, 0.2) is 0 Å². The first kappa shape index (κ1) is 13.2. The van der Waals surface area contributed by atoms with E-state index in [1.54, 1.807) is 11.3 Å². The first-order valence-corrected chi connectivity index (χ1v) is 6.69. The Morgan fingerprint density at radius 3 is 2.33 bits per heavy atom. The van der Waals surface area contributed by atoms with Crippen molar-refractivity contribution in [3.05, 3.63) is 15.6 Å². The average molecular weight is 267 g/mol. The Kier molecular flexibility index (Phi) is 4.84. The van der Waals surface area contributed by atoms with E-state index in [0.29, 0.717) is 11.8 Å². The topological polar surface area (TPSA) is 24.9 Å². The smallest absolute Gasteiger partial charge is 0.107 e. The fraction of sp³-hybridized carbons (Fsp3) is 0.700. The van der Waals surface area contributed by atoms with E-state index in [-0.39, 0.29) is 5.54 Å². The highest BCUT2D eigenvalue weighted by molar-refractivity contribution is 7.11. The lowest BCUT2D eigenvalue weighted by atomic mass is 10.1. The maximum absolute atomic E-state index is 5.85. The van der Waals surface area contributed by atoms with Crippen LogP contribution >= 0.6 is 34.5 Å². The Morgan fingerprint density at radius 1 is 1.33 bits per heavy atom. The van der Waals surface area contributed by atoms with Crippen molar-refractivity contribution in [1.29, 1.82) is 0 Å². The van der Waals surface area contributed by atoms with Gasteiger partial charge in [-0.25, -0.2) is 4.98 Å². The van der Waals surface area contributed by atoms with Gasteiger partial charge in [-0.15, -0.1) is 34.5 Å². The predicted molar refractivity (Wildman–Crippen MR) is 68.3 cm³/mol. The SMILES string of the molecule is Cc1nc(CNC(C)(CCl)CCl)sc1C. The molecule has 1 heterocycles. The van der Waals surface area contributed by atoms with Crippen LogP contribution < -0.4 is 5.32 Å². The predicted octanol–water partition coefficient (Wildman–Crippen LogP) is 3.09. The van der Waals surface area contributed by atoms with Crippen LogP contribution in [0.15, 0.2) is 0 Å². The molecule has 0 aromatic carbocycles. The highest BCUT2D eigenvalue weighted by atomic mass is 35.5. The molecule has 0 saturated heterocycles. The van der Waals surface area contributed by atoms with Gasteiger partial charge in [0.1, 0.15) is 5.01 Å². The third-order valence-electron chi connectivity index (χ3n) is 2.33. The van der Waals surface area contributed by atoms with Crippen molar-refractivity contribution in [2.45, 2.75) is 32.9 Å². The Balaban J connectivity index is 2.56. The summed E-state index contributed by atoms with van der Waals surface area (Å²) in [5, 5.41) is 4.43. The molecule has 0 aliphatic carbocycles. The van der Waals surface area contributed by atoms with Crippen molar-refractivity contribution in [2.24, 2.45) is 0 Å². The third kappa shape index (κ3) is 3.59. The first-order valence-electron chi connectivity index (χ1n) is 4.80. The van der Waals surface area contributed by atoms with E-state index in [2.05, 4.69) is 17.2 Å². The molecule has 1 rings (SSSR count). The second kappa shape index (κ2) is 5.48. The summed E-state index contributed by atoms with van der Waals surface area (Å²) in [6, 6.07) is 0. The summed E-state index contributed by atoms with van der Waals surface area (Å²) in [6.07, 6.45) is 0. The van der Waals surface area contributed by atoms with Gasteiger partial charge in [-0.2, -0.15) is 0 Å². The molecular weight excluding hydrogens is 251 g/mol. The summed E-state index contributed by atoms with van der Waals surface area (Å²) in [4.78, 5) is 5.72. The van der Waals surface area contributed by atoms with Crippen molar-refractivity contribution in [3.8, 4) is 0 Å². The van der Waals surface area contributed by atoms with E-state index < -0.39 is 0 Å². The van der Waals surface area contributed by atoms with Crippen LogP contribution in [0.2, 0.25) is 0 Å². The van der Waals surface area contributed by atoms with Crippen LogP contribution in [-0.4, -0.2) is 22.3 Å². The van der Waals surface area contributed by atoms with Crippen molar-refractivity contribution in [3.63, 3.8) is 0 Å². The molecule has 0 saturated carbocycles. The zero-order valence-corrected chi connectivity index (χ0v) is 11.6. The molecule has 0 fully saturated rings. The standard InChI is InChI=1S/C10H16Cl2N2S/c1-7-8(2)15-9(14-7)4-13-10(3,5-11)6-12/h13H,4-6H2,1-3H3. The molecule has 1 aromatic rings. The van der Waals surface area contributed by atoms with Gasteiger partial charge in [0, 0.05) is 28.7 Å². The third-order valence-corrected chi connectivity index (χ3v) is 4.58. The number of aryl methyl sites for hydroxylation is 2. The molecule has 1 N–H and O–H groups in total. The maximum Gasteiger partial charge on any atom is 0.107 e. The lowest BCUT2D eigenvalue weighted by Crippen LogP contribution is -2.45. The molecule has 0 aliphatic heterocycles. The summed E-state index contributed by atoms with van der Waals surface area (Å²) < 4.78 is 0. The summed E-state index contributed by atoms with van der Waals surface area (Å²) >= 11 is 13.4.